The van der Waals surface area contributed by atoms with Crippen molar-refractivity contribution in [2.75, 3.05) is 5.32 Å². The minimum Gasteiger partial charge on any atom is -0.365 e. The van der Waals surface area contributed by atoms with Crippen molar-refractivity contribution in [1.29, 1.82) is 0 Å². The molecule has 3 aromatic rings. The Kier molecular flexibility index (Phi) is 3.56. The Labute approximate surface area is 124 Å². The first-order valence-corrected chi connectivity index (χ1v) is 7.14. The lowest BCUT2D eigenvalue weighted by molar-refractivity contribution is 0.746. The third kappa shape index (κ3) is 2.59. The summed E-state index contributed by atoms with van der Waals surface area (Å²) in [6.45, 7) is 4.92. The van der Waals surface area contributed by atoms with Crippen molar-refractivity contribution in [3.63, 3.8) is 0 Å². The molecule has 5 nitrogen and oxygen atoms in total. The molecule has 0 fully saturated rings. The molecule has 0 bridgehead atoms. The van der Waals surface area contributed by atoms with Crippen LogP contribution < -0.4 is 5.32 Å². The maximum atomic E-state index is 4.47. The Bertz CT molecular complexity index is 770. The summed E-state index contributed by atoms with van der Waals surface area (Å²) in [7, 11) is 1.95. The second-order valence-corrected chi connectivity index (χ2v) is 5.17. The summed E-state index contributed by atoms with van der Waals surface area (Å²) >= 11 is 0. The first-order valence-electron chi connectivity index (χ1n) is 7.14. The molecule has 21 heavy (non-hydrogen) atoms. The summed E-state index contributed by atoms with van der Waals surface area (Å²) in [6, 6.07) is 6.11. The Morgan fingerprint density at radius 2 is 2.10 bits per heavy atom. The highest BCUT2D eigenvalue weighted by Gasteiger charge is 2.09. The van der Waals surface area contributed by atoms with Gasteiger partial charge in [-0.15, -0.1) is 0 Å². The Balaban J connectivity index is 1.92. The van der Waals surface area contributed by atoms with E-state index < -0.39 is 0 Å². The zero-order valence-electron chi connectivity index (χ0n) is 12.6. The van der Waals surface area contributed by atoms with Gasteiger partial charge in [-0.25, -0.2) is 9.97 Å². The monoisotopic (exact) mass is 281 g/mol. The smallest absolute Gasteiger partial charge is 0.137 e. The maximum Gasteiger partial charge on any atom is 0.137 e. The standard InChI is InChI=1S/C16H19N5/c1-4-13-12(9-21(3)20-13)8-17-16-15-11(2)6-5-7-14(15)18-10-19-16/h5-7,9-10H,4,8H2,1-3H3,(H,17,18,19). The normalized spacial score (nSPS) is 11.0. The van der Waals surface area contributed by atoms with E-state index >= 15 is 0 Å². The summed E-state index contributed by atoms with van der Waals surface area (Å²) in [5.74, 6) is 0.879. The van der Waals surface area contributed by atoms with E-state index in [0.29, 0.717) is 0 Å². The minimum absolute atomic E-state index is 0.720. The first-order chi connectivity index (χ1) is 10.2. The van der Waals surface area contributed by atoms with Crippen molar-refractivity contribution < 1.29 is 0 Å². The van der Waals surface area contributed by atoms with Gasteiger partial charge < -0.3 is 5.32 Å². The molecule has 108 valence electrons. The van der Waals surface area contributed by atoms with Crippen LogP contribution in [-0.2, 0) is 20.0 Å². The number of fused-ring (bicyclic) bond motifs is 1. The van der Waals surface area contributed by atoms with Crippen molar-refractivity contribution in [3.8, 4) is 0 Å². The number of benzene rings is 1. The summed E-state index contributed by atoms with van der Waals surface area (Å²) in [4.78, 5) is 8.72. The topological polar surface area (TPSA) is 55.6 Å². The van der Waals surface area contributed by atoms with Gasteiger partial charge in [0.25, 0.3) is 0 Å². The number of aromatic nitrogens is 4. The van der Waals surface area contributed by atoms with Gasteiger partial charge in [0, 0.05) is 30.7 Å². The molecule has 5 heteroatoms. The van der Waals surface area contributed by atoms with E-state index in [4.69, 9.17) is 0 Å². The molecule has 0 radical (unpaired) electrons. The van der Waals surface area contributed by atoms with Crippen LogP contribution in [0, 0.1) is 6.92 Å². The molecule has 0 atom stereocenters. The summed E-state index contributed by atoms with van der Waals surface area (Å²) in [6.07, 6.45) is 4.59. The van der Waals surface area contributed by atoms with Crippen LogP contribution in [0.25, 0.3) is 10.9 Å². The second-order valence-electron chi connectivity index (χ2n) is 5.17. The van der Waals surface area contributed by atoms with Crippen LogP contribution in [-0.4, -0.2) is 19.7 Å². The lowest BCUT2D eigenvalue weighted by atomic mass is 10.1. The molecule has 2 aromatic heterocycles. The fraction of sp³-hybridized carbons (Fsp3) is 0.312. The van der Waals surface area contributed by atoms with Crippen molar-refractivity contribution in [1.82, 2.24) is 19.7 Å². The summed E-state index contributed by atoms with van der Waals surface area (Å²) < 4.78 is 1.86. The quantitative estimate of drug-likeness (QED) is 0.799. The van der Waals surface area contributed by atoms with Gasteiger partial charge in [0.2, 0.25) is 0 Å². The number of nitrogens with zero attached hydrogens (tertiary/aromatic N) is 4. The van der Waals surface area contributed by atoms with Gasteiger partial charge in [-0.2, -0.15) is 5.10 Å². The first kappa shape index (κ1) is 13.5. The Morgan fingerprint density at radius 3 is 2.90 bits per heavy atom. The van der Waals surface area contributed by atoms with Gasteiger partial charge in [-0.3, -0.25) is 4.68 Å². The second kappa shape index (κ2) is 5.52. The molecule has 1 N–H and O–H groups in total. The van der Waals surface area contributed by atoms with Crippen LogP contribution in [0.15, 0.2) is 30.7 Å². The molecule has 3 rings (SSSR count). The third-order valence-electron chi connectivity index (χ3n) is 3.64. The number of aryl methyl sites for hydroxylation is 3. The van der Waals surface area contributed by atoms with Gasteiger partial charge in [0.05, 0.1) is 11.2 Å². The molecule has 0 spiro atoms. The van der Waals surface area contributed by atoms with Crippen LogP contribution in [0.1, 0.15) is 23.7 Å². The number of rotatable bonds is 4. The summed E-state index contributed by atoms with van der Waals surface area (Å²) in [5, 5.41) is 8.98. The van der Waals surface area contributed by atoms with Gasteiger partial charge in [0.1, 0.15) is 12.1 Å². The van der Waals surface area contributed by atoms with E-state index in [1.165, 1.54) is 11.1 Å². The van der Waals surface area contributed by atoms with Crippen molar-refractivity contribution in [2.45, 2.75) is 26.8 Å². The molecular formula is C16H19N5. The van der Waals surface area contributed by atoms with E-state index in [-0.39, 0.29) is 0 Å². The van der Waals surface area contributed by atoms with Crippen LogP contribution in [0.4, 0.5) is 5.82 Å². The molecule has 0 aliphatic carbocycles. The Morgan fingerprint density at radius 1 is 1.24 bits per heavy atom. The third-order valence-corrected chi connectivity index (χ3v) is 3.64. The average molecular weight is 281 g/mol. The highest BCUT2D eigenvalue weighted by atomic mass is 15.3. The zero-order valence-corrected chi connectivity index (χ0v) is 12.6. The molecule has 0 saturated carbocycles. The van der Waals surface area contributed by atoms with E-state index in [2.05, 4.69) is 46.5 Å². The van der Waals surface area contributed by atoms with Crippen LogP contribution in [0.2, 0.25) is 0 Å². The molecule has 0 aliphatic rings. The van der Waals surface area contributed by atoms with E-state index in [1.54, 1.807) is 6.33 Å². The minimum atomic E-state index is 0.720. The SMILES string of the molecule is CCc1nn(C)cc1CNc1ncnc2cccc(C)c12. The van der Waals surface area contributed by atoms with Gasteiger partial charge in [-0.1, -0.05) is 19.1 Å². The molecule has 0 unspecified atom stereocenters. The van der Waals surface area contributed by atoms with E-state index in [1.807, 2.05) is 23.9 Å². The van der Waals surface area contributed by atoms with Crippen molar-refractivity contribution in [3.05, 3.63) is 47.5 Å². The van der Waals surface area contributed by atoms with E-state index in [9.17, 15) is 0 Å². The predicted octanol–water partition coefficient (Wildman–Crippen LogP) is 2.85. The summed E-state index contributed by atoms with van der Waals surface area (Å²) in [5.41, 5.74) is 4.48. The average Bonchev–Trinajstić information content (AvgIpc) is 2.85. The maximum absolute atomic E-state index is 4.47. The molecule has 0 aliphatic heterocycles. The van der Waals surface area contributed by atoms with Crippen LogP contribution in [0.3, 0.4) is 0 Å². The van der Waals surface area contributed by atoms with E-state index in [0.717, 1.165) is 35.4 Å². The zero-order chi connectivity index (χ0) is 14.8. The van der Waals surface area contributed by atoms with Gasteiger partial charge in [-0.05, 0) is 25.0 Å². The molecule has 0 amide bonds. The van der Waals surface area contributed by atoms with Gasteiger partial charge >= 0.3 is 0 Å². The number of hydrogen-bond acceptors (Lipinski definition) is 4. The highest BCUT2D eigenvalue weighted by molar-refractivity contribution is 5.91. The van der Waals surface area contributed by atoms with Crippen molar-refractivity contribution in [2.24, 2.45) is 7.05 Å². The van der Waals surface area contributed by atoms with Gasteiger partial charge in [0.15, 0.2) is 0 Å². The number of anilines is 1. The number of hydrogen-bond donors (Lipinski definition) is 1. The molecule has 2 heterocycles. The highest BCUT2D eigenvalue weighted by Crippen LogP contribution is 2.23. The Hall–Kier alpha value is -2.43. The lowest BCUT2D eigenvalue weighted by Gasteiger charge is -2.09. The molecule has 1 aromatic carbocycles. The largest absolute Gasteiger partial charge is 0.365 e. The molecule has 0 saturated heterocycles. The van der Waals surface area contributed by atoms with Crippen LogP contribution >= 0.6 is 0 Å². The number of nitrogens with one attached hydrogen (secondary N) is 1. The predicted molar refractivity (Wildman–Crippen MR) is 84.2 cm³/mol. The van der Waals surface area contributed by atoms with Crippen LogP contribution in [0.5, 0.6) is 0 Å². The van der Waals surface area contributed by atoms with Crippen molar-refractivity contribution >= 4 is 16.7 Å². The fourth-order valence-corrected chi connectivity index (χ4v) is 2.62. The lowest BCUT2D eigenvalue weighted by Crippen LogP contribution is -2.04. The molecular weight excluding hydrogens is 262 g/mol. The fourth-order valence-electron chi connectivity index (χ4n) is 2.62.